The van der Waals surface area contributed by atoms with Crippen LogP contribution in [0.1, 0.15) is 17.3 Å². The van der Waals surface area contributed by atoms with E-state index in [4.69, 9.17) is 4.74 Å². The van der Waals surface area contributed by atoms with Crippen LogP contribution < -0.4 is 10.1 Å². The highest BCUT2D eigenvalue weighted by molar-refractivity contribution is 5.82. The Morgan fingerprint density at radius 2 is 2.25 bits per heavy atom. The van der Waals surface area contributed by atoms with Crippen LogP contribution in [-0.2, 0) is 4.79 Å². The van der Waals surface area contributed by atoms with Crippen molar-refractivity contribution >= 4 is 12.2 Å². The molecule has 0 aliphatic rings. The van der Waals surface area contributed by atoms with Crippen molar-refractivity contribution in [2.45, 2.75) is 13.0 Å². The molecule has 0 aliphatic carbocycles. The maximum atomic E-state index is 12.8. The van der Waals surface area contributed by atoms with Crippen molar-refractivity contribution in [1.29, 1.82) is 0 Å². The number of benzene rings is 1. The summed E-state index contributed by atoms with van der Waals surface area (Å²) in [6, 6.07) is 3.54. The Bertz CT molecular complexity index is 406. The number of carbonyl (C=O) groups excluding carboxylic acids is 2. The molecule has 16 heavy (non-hydrogen) atoms. The Morgan fingerprint density at radius 1 is 1.56 bits per heavy atom. The second-order valence-corrected chi connectivity index (χ2v) is 3.17. The number of hydrogen-bond donors (Lipinski definition) is 1. The van der Waals surface area contributed by atoms with Crippen molar-refractivity contribution in [2.24, 2.45) is 0 Å². The van der Waals surface area contributed by atoms with Crippen molar-refractivity contribution in [3.05, 3.63) is 29.6 Å². The molecule has 0 heterocycles. The Morgan fingerprint density at radius 3 is 2.81 bits per heavy atom. The maximum absolute atomic E-state index is 12.8. The topological polar surface area (TPSA) is 55.4 Å². The molecule has 1 aromatic carbocycles. The van der Waals surface area contributed by atoms with Gasteiger partial charge in [-0.25, -0.2) is 4.39 Å². The summed E-state index contributed by atoms with van der Waals surface area (Å²) in [5, 5.41) is 2.41. The lowest BCUT2D eigenvalue weighted by Crippen LogP contribution is -2.33. The highest BCUT2D eigenvalue weighted by atomic mass is 19.1. The molecule has 1 unspecified atom stereocenters. The summed E-state index contributed by atoms with van der Waals surface area (Å²) in [6.07, 6.45) is -0.260. The normalized spacial score (nSPS) is 11.7. The summed E-state index contributed by atoms with van der Waals surface area (Å²) in [6.45, 7) is 1.54. The number of hydrogen-bond acceptors (Lipinski definition) is 3. The SMILES string of the molecule is CNC(=O)C(C)Oc1ccc(F)cc1C=O. The Labute approximate surface area is 92.4 Å². The summed E-state index contributed by atoms with van der Waals surface area (Å²) in [5.74, 6) is -0.657. The standard InChI is InChI=1S/C11H12FNO3/c1-7(11(15)13-2)16-10-4-3-9(12)5-8(10)6-14/h3-7H,1-2H3,(H,13,15). The highest BCUT2D eigenvalue weighted by Crippen LogP contribution is 2.19. The molecule has 0 radical (unpaired) electrons. The van der Waals surface area contributed by atoms with E-state index in [1.54, 1.807) is 0 Å². The van der Waals surface area contributed by atoms with Crippen LogP contribution in [0.2, 0.25) is 0 Å². The van der Waals surface area contributed by atoms with E-state index >= 15 is 0 Å². The molecule has 0 spiro atoms. The number of aldehydes is 1. The lowest BCUT2D eigenvalue weighted by atomic mass is 10.2. The second-order valence-electron chi connectivity index (χ2n) is 3.17. The Balaban J connectivity index is 2.88. The second kappa shape index (κ2) is 5.25. The first kappa shape index (κ1) is 12.2. The van der Waals surface area contributed by atoms with Crippen LogP contribution in [-0.4, -0.2) is 25.3 Å². The fourth-order valence-electron chi connectivity index (χ4n) is 1.17. The van der Waals surface area contributed by atoms with Crippen LogP contribution in [0.5, 0.6) is 5.75 Å². The van der Waals surface area contributed by atoms with E-state index in [-0.39, 0.29) is 17.2 Å². The molecule has 1 aromatic rings. The zero-order valence-corrected chi connectivity index (χ0v) is 8.99. The number of nitrogens with one attached hydrogen (secondary N) is 1. The number of rotatable bonds is 4. The van der Waals surface area contributed by atoms with Gasteiger partial charge in [0.1, 0.15) is 11.6 Å². The maximum Gasteiger partial charge on any atom is 0.260 e. The van der Waals surface area contributed by atoms with Crippen molar-refractivity contribution < 1.29 is 18.7 Å². The van der Waals surface area contributed by atoms with Gasteiger partial charge in [-0.2, -0.15) is 0 Å². The third kappa shape index (κ3) is 2.79. The molecule has 5 heteroatoms. The number of halogens is 1. The molecule has 4 nitrogen and oxygen atoms in total. The van der Waals surface area contributed by atoms with E-state index in [0.29, 0.717) is 6.29 Å². The van der Waals surface area contributed by atoms with E-state index in [9.17, 15) is 14.0 Å². The average molecular weight is 225 g/mol. The van der Waals surface area contributed by atoms with E-state index in [0.717, 1.165) is 6.07 Å². The van der Waals surface area contributed by atoms with Crippen LogP contribution >= 0.6 is 0 Å². The zero-order chi connectivity index (χ0) is 12.1. The minimum atomic E-state index is -0.742. The van der Waals surface area contributed by atoms with Crippen molar-refractivity contribution in [3.63, 3.8) is 0 Å². The van der Waals surface area contributed by atoms with Gasteiger partial charge < -0.3 is 10.1 Å². The van der Waals surface area contributed by atoms with Crippen molar-refractivity contribution in [2.75, 3.05) is 7.05 Å². The molecule has 0 fully saturated rings. The Hall–Kier alpha value is -1.91. The van der Waals surface area contributed by atoms with Gasteiger partial charge >= 0.3 is 0 Å². The summed E-state index contributed by atoms with van der Waals surface area (Å²) in [5.41, 5.74) is 0.0794. The van der Waals surface area contributed by atoms with Crippen LogP contribution in [0.15, 0.2) is 18.2 Å². The molecule has 0 saturated heterocycles. The highest BCUT2D eigenvalue weighted by Gasteiger charge is 2.14. The van der Waals surface area contributed by atoms with Gasteiger partial charge in [0.2, 0.25) is 0 Å². The first-order valence-corrected chi connectivity index (χ1v) is 4.71. The predicted molar refractivity (Wildman–Crippen MR) is 55.9 cm³/mol. The van der Waals surface area contributed by atoms with Crippen LogP contribution in [0.4, 0.5) is 4.39 Å². The van der Waals surface area contributed by atoms with Crippen molar-refractivity contribution in [1.82, 2.24) is 5.32 Å². The molecule has 0 aromatic heterocycles. The summed E-state index contributed by atoms with van der Waals surface area (Å²) in [4.78, 5) is 21.8. The molecule has 1 amide bonds. The van der Waals surface area contributed by atoms with Crippen LogP contribution in [0.3, 0.4) is 0 Å². The average Bonchev–Trinajstić information content (AvgIpc) is 2.30. The summed E-state index contributed by atoms with van der Waals surface area (Å²) >= 11 is 0. The molecule has 0 aliphatic heterocycles. The molecule has 1 rings (SSSR count). The van der Waals surface area contributed by atoms with Crippen LogP contribution in [0.25, 0.3) is 0 Å². The van der Waals surface area contributed by atoms with Gasteiger partial charge in [0, 0.05) is 7.05 Å². The molecule has 1 N–H and O–H groups in total. The van der Waals surface area contributed by atoms with Crippen molar-refractivity contribution in [3.8, 4) is 5.75 Å². The van der Waals surface area contributed by atoms with Gasteiger partial charge in [-0.3, -0.25) is 9.59 Å². The van der Waals surface area contributed by atoms with E-state index in [2.05, 4.69) is 5.32 Å². The van der Waals surface area contributed by atoms with Gasteiger partial charge in [0.25, 0.3) is 5.91 Å². The van der Waals surface area contributed by atoms with Gasteiger partial charge in [0.15, 0.2) is 12.4 Å². The van der Waals surface area contributed by atoms with Crippen LogP contribution in [0, 0.1) is 5.82 Å². The molecule has 86 valence electrons. The molecule has 0 saturated carbocycles. The zero-order valence-electron chi connectivity index (χ0n) is 8.99. The minimum absolute atomic E-state index is 0.0794. The minimum Gasteiger partial charge on any atom is -0.480 e. The quantitative estimate of drug-likeness (QED) is 0.782. The number of amides is 1. The molecule has 0 bridgehead atoms. The van der Waals surface area contributed by atoms with Gasteiger partial charge in [0.05, 0.1) is 5.56 Å². The van der Waals surface area contributed by atoms with Gasteiger partial charge in [-0.15, -0.1) is 0 Å². The number of carbonyl (C=O) groups is 2. The third-order valence-electron chi connectivity index (χ3n) is 2.02. The first-order valence-electron chi connectivity index (χ1n) is 4.71. The summed E-state index contributed by atoms with van der Waals surface area (Å²) < 4.78 is 18.0. The third-order valence-corrected chi connectivity index (χ3v) is 2.02. The first-order chi connectivity index (χ1) is 7.58. The van der Waals surface area contributed by atoms with E-state index in [1.807, 2.05) is 0 Å². The lowest BCUT2D eigenvalue weighted by molar-refractivity contribution is -0.126. The number of ether oxygens (including phenoxy) is 1. The van der Waals surface area contributed by atoms with E-state index in [1.165, 1.54) is 26.1 Å². The smallest absolute Gasteiger partial charge is 0.260 e. The fraction of sp³-hybridized carbons (Fsp3) is 0.273. The van der Waals surface area contributed by atoms with Gasteiger partial charge in [-0.05, 0) is 25.1 Å². The van der Waals surface area contributed by atoms with E-state index < -0.39 is 11.9 Å². The lowest BCUT2D eigenvalue weighted by Gasteiger charge is -2.14. The molecule has 1 atom stereocenters. The monoisotopic (exact) mass is 225 g/mol. The number of likely N-dealkylation sites (N-methyl/N-ethyl adjacent to an activating group) is 1. The largest absolute Gasteiger partial charge is 0.480 e. The van der Waals surface area contributed by atoms with Gasteiger partial charge in [-0.1, -0.05) is 0 Å². The fourth-order valence-corrected chi connectivity index (χ4v) is 1.17. The summed E-state index contributed by atoms with van der Waals surface area (Å²) in [7, 11) is 1.48. The molecular weight excluding hydrogens is 213 g/mol. The predicted octanol–water partition coefficient (Wildman–Crippen LogP) is 1.15. The molecular formula is C11H12FNO3. The Kier molecular flexibility index (Phi) is 3.99.